The van der Waals surface area contributed by atoms with Gasteiger partial charge in [0.2, 0.25) is 0 Å². The van der Waals surface area contributed by atoms with Gasteiger partial charge < -0.3 is 24.8 Å². The Kier molecular flexibility index (Phi) is 4.00. The molecular weight excluding hydrogens is 370 g/mol. The Bertz CT molecular complexity index is 705. The highest BCUT2D eigenvalue weighted by molar-refractivity contribution is 5.33. The highest BCUT2D eigenvalue weighted by atomic mass is 16.5. The minimum Gasteiger partial charge on any atom is -0.392 e. The van der Waals surface area contributed by atoms with Gasteiger partial charge in [0.15, 0.2) is 0 Å². The summed E-state index contributed by atoms with van der Waals surface area (Å²) in [5.41, 5.74) is -1.08. The number of likely N-dealkylation sites (tertiary alicyclic amines) is 1. The fourth-order valence-corrected chi connectivity index (χ4v) is 10.4. The van der Waals surface area contributed by atoms with Gasteiger partial charge in [-0.1, -0.05) is 6.92 Å². The number of nitrogens with zero attached hydrogens (tertiary/aromatic N) is 1. The first kappa shape index (κ1) is 19.4. The highest BCUT2D eigenvalue weighted by Crippen LogP contribution is 2.78. The summed E-state index contributed by atoms with van der Waals surface area (Å²) in [6, 6.07) is 0.200. The minimum atomic E-state index is -0.901. The van der Waals surface area contributed by atoms with Crippen molar-refractivity contribution in [1.29, 1.82) is 0 Å². The average molecular weight is 408 g/mol. The van der Waals surface area contributed by atoms with Crippen LogP contribution in [0, 0.1) is 40.4 Å². The van der Waals surface area contributed by atoms with Gasteiger partial charge in [-0.05, 0) is 44.1 Å². The molecule has 0 aromatic carbocycles. The van der Waals surface area contributed by atoms with E-state index in [4.69, 9.17) is 9.47 Å². The van der Waals surface area contributed by atoms with Gasteiger partial charge in [-0.2, -0.15) is 0 Å². The lowest BCUT2D eigenvalue weighted by Crippen LogP contribution is -2.76. The Labute approximate surface area is 173 Å². The first-order valence-corrected chi connectivity index (χ1v) is 11.7. The first-order chi connectivity index (χ1) is 13.9. The van der Waals surface area contributed by atoms with Gasteiger partial charge in [-0.3, -0.25) is 4.90 Å². The summed E-state index contributed by atoms with van der Waals surface area (Å²) in [6.07, 6.45) is 3.27. The average Bonchev–Trinajstić information content (AvgIpc) is 3.13. The maximum Gasteiger partial charge on any atom is 0.0771 e. The fraction of sp³-hybridized carbons (Fsp3) is 1.00. The topological polar surface area (TPSA) is 82.4 Å². The number of aliphatic hydroxyl groups is 3. The first-order valence-electron chi connectivity index (χ1n) is 11.7. The van der Waals surface area contributed by atoms with E-state index in [2.05, 4.69) is 11.8 Å². The van der Waals surface area contributed by atoms with Crippen molar-refractivity contribution in [2.45, 2.75) is 69.0 Å². The van der Waals surface area contributed by atoms with E-state index in [0.717, 1.165) is 45.4 Å². The van der Waals surface area contributed by atoms with Gasteiger partial charge in [0.25, 0.3) is 0 Å². The summed E-state index contributed by atoms with van der Waals surface area (Å²) in [5.74, 6) is 0.553. The monoisotopic (exact) mass is 407 g/mol. The van der Waals surface area contributed by atoms with E-state index in [1.54, 1.807) is 14.2 Å². The normalized spacial score (nSPS) is 62.5. The third-order valence-electron chi connectivity index (χ3n) is 10.9. The van der Waals surface area contributed by atoms with E-state index in [1.807, 2.05) is 0 Å². The van der Waals surface area contributed by atoms with Crippen LogP contribution >= 0.6 is 0 Å². The van der Waals surface area contributed by atoms with Crippen molar-refractivity contribution in [3.05, 3.63) is 0 Å². The lowest BCUT2D eigenvalue weighted by atomic mass is 9.43. The third kappa shape index (κ3) is 1.93. The highest BCUT2D eigenvalue weighted by Gasteiger charge is 2.83. The van der Waals surface area contributed by atoms with Crippen LogP contribution in [0.5, 0.6) is 0 Å². The lowest BCUT2D eigenvalue weighted by molar-refractivity contribution is -0.272. The van der Waals surface area contributed by atoms with Crippen molar-refractivity contribution in [2.75, 3.05) is 33.9 Å². The number of rotatable bonds is 4. The van der Waals surface area contributed by atoms with Crippen molar-refractivity contribution in [3.8, 4) is 0 Å². The maximum absolute atomic E-state index is 12.2. The zero-order valence-electron chi connectivity index (χ0n) is 18.0. The Morgan fingerprint density at radius 1 is 1.14 bits per heavy atom. The number of fused-ring (bicyclic) bond motifs is 2. The van der Waals surface area contributed by atoms with E-state index in [1.165, 1.54) is 0 Å². The van der Waals surface area contributed by atoms with E-state index >= 15 is 0 Å². The van der Waals surface area contributed by atoms with Crippen LogP contribution in [0.4, 0.5) is 0 Å². The molecule has 1 heterocycles. The molecule has 6 aliphatic rings. The van der Waals surface area contributed by atoms with Crippen LogP contribution in [0.3, 0.4) is 0 Å². The number of hydrogen-bond donors (Lipinski definition) is 3. The molecule has 0 unspecified atom stereocenters. The quantitative estimate of drug-likeness (QED) is 0.642. The van der Waals surface area contributed by atoms with Crippen LogP contribution in [0.15, 0.2) is 0 Å². The molecule has 0 radical (unpaired) electrons. The standard InChI is InChI=1S/C23H37NO5/c1-4-24-10-21(11-28-2)6-5-17(25)23-13-7-12-15(29-3)9-22(27,18(13)19(12)26)14(20(23)24)8-16(21)23/h12-20,25-27H,4-11H2,1-3H3/t12-,13-,14+,15+,16-,17+,18-,19+,20-,21+,22+,23+/m1/s1. The summed E-state index contributed by atoms with van der Waals surface area (Å²) in [4.78, 5) is 2.57. The maximum atomic E-state index is 12.2. The predicted molar refractivity (Wildman–Crippen MR) is 106 cm³/mol. The van der Waals surface area contributed by atoms with Crippen LogP contribution in [0.1, 0.15) is 39.0 Å². The third-order valence-corrected chi connectivity index (χ3v) is 10.9. The molecule has 5 aliphatic carbocycles. The van der Waals surface area contributed by atoms with Crippen molar-refractivity contribution < 1.29 is 24.8 Å². The zero-order chi connectivity index (χ0) is 20.3. The van der Waals surface area contributed by atoms with Crippen LogP contribution in [0.25, 0.3) is 0 Å². The van der Waals surface area contributed by atoms with Crippen molar-refractivity contribution in [2.24, 2.45) is 40.4 Å². The molecule has 6 rings (SSSR count). The molecule has 0 aromatic rings. The Hall–Kier alpha value is -0.240. The molecule has 164 valence electrons. The van der Waals surface area contributed by atoms with E-state index in [-0.39, 0.29) is 52.8 Å². The molecule has 0 aromatic heterocycles. The van der Waals surface area contributed by atoms with Crippen molar-refractivity contribution >= 4 is 0 Å². The van der Waals surface area contributed by atoms with Gasteiger partial charge in [0.1, 0.15) is 0 Å². The van der Waals surface area contributed by atoms with Gasteiger partial charge in [-0.15, -0.1) is 0 Å². The van der Waals surface area contributed by atoms with Gasteiger partial charge >= 0.3 is 0 Å². The van der Waals surface area contributed by atoms with Gasteiger partial charge in [0, 0.05) is 61.8 Å². The van der Waals surface area contributed by atoms with Crippen LogP contribution in [0.2, 0.25) is 0 Å². The second kappa shape index (κ2) is 5.96. The molecule has 12 atom stereocenters. The molecule has 7 bridgehead atoms. The molecule has 6 fully saturated rings. The molecule has 1 saturated heterocycles. The minimum absolute atomic E-state index is 0.0495. The summed E-state index contributed by atoms with van der Waals surface area (Å²) in [7, 11) is 3.52. The molecule has 6 heteroatoms. The smallest absolute Gasteiger partial charge is 0.0771 e. The predicted octanol–water partition coefficient (Wildman–Crippen LogP) is 0.877. The zero-order valence-corrected chi connectivity index (χ0v) is 18.0. The number of methoxy groups -OCH3 is 2. The van der Waals surface area contributed by atoms with Crippen LogP contribution in [-0.2, 0) is 9.47 Å². The van der Waals surface area contributed by atoms with E-state index in [9.17, 15) is 15.3 Å². The summed E-state index contributed by atoms with van der Waals surface area (Å²) >= 11 is 0. The Balaban J connectivity index is 1.57. The fourth-order valence-electron chi connectivity index (χ4n) is 10.4. The molecule has 0 amide bonds. The van der Waals surface area contributed by atoms with Crippen LogP contribution in [-0.4, -0.2) is 84.1 Å². The number of hydrogen-bond acceptors (Lipinski definition) is 6. The SMILES string of the molecule is CCN1C[C@]2(COC)CC[C@H](O)[C@]34[C@@H]5C[C@H]6[C@H](O)[C@@H]5[C@](O)(C[C@@H]6OC)[C@@H](C[C@H]23)[C@@H]14. The van der Waals surface area contributed by atoms with E-state index in [0.29, 0.717) is 12.3 Å². The summed E-state index contributed by atoms with van der Waals surface area (Å²) in [5, 5.41) is 35.2. The van der Waals surface area contributed by atoms with Crippen molar-refractivity contribution in [1.82, 2.24) is 4.90 Å². The summed E-state index contributed by atoms with van der Waals surface area (Å²) < 4.78 is 11.6. The largest absolute Gasteiger partial charge is 0.392 e. The molecule has 3 N–H and O–H groups in total. The molecule has 29 heavy (non-hydrogen) atoms. The van der Waals surface area contributed by atoms with Gasteiger partial charge in [-0.25, -0.2) is 0 Å². The molecule has 1 spiro atoms. The number of aliphatic hydroxyl groups excluding tert-OH is 2. The second-order valence-corrected chi connectivity index (χ2v) is 11.2. The Morgan fingerprint density at radius 3 is 2.62 bits per heavy atom. The summed E-state index contributed by atoms with van der Waals surface area (Å²) in [6.45, 7) is 4.88. The molecular formula is C23H37NO5. The molecule has 1 aliphatic heterocycles. The molecule has 5 saturated carbocycles. The molecule has 6 nitrogen and oxygen atoms in total. The van der Waals surface area contributed by atoms with E-state index < -0.39 is 11.7 Å². The van der Waals surface area contributed by atoms with Gasteiger partial charge in [0.05, 0.1) is 30.5 Å². The number of piperidine rings is 1. The number of ether oxygens (including phenoxy) is 2. The Morgan fingerprint density at radius 2 is 1.93 bits per heavy atom. The van der Waals surface area contributed by atoms with Crippen molar-refractivity contribution in [3.63, 3.8) is 0 Å². The lowest BCUT2D eigenvalue weighted by Gasteiger charge is -2.69. The van der Waals surface area contributed by atoms with Crippen LogP contribution < -0.4 is 0 Å². The second-order valence-electron chi connectivity index (χ2n) is 11.2.